The van der Waals surface area contributed by atoms with Gasteiger partial charge in [0.15, 0.2) is 0 Å². The fourth-order valence-electron chi connectivity index (χ4n) is 0.627. The number of rotatable bonds is 5. The Kier molecular flexibility index (Phi) is 3.99. The van der Waals surface area contributed by atoms with E-state index in [2.05, 4.69) is 5.32 Å². The van der Waals surface area contributed by atoms with E-state index in [1.165, 1.54) is 0 Å². The second kappa shape index (κ2) is 4.24. The van der Waals surface area contributed by atoms with Crippen molar-refractivity contribution >= 4 is 6.41 Å². The zero-order valence-corrected chi connectivity index (χ0v) is 6.50. The maximum atomic E-state index is 9.75. The lowest BCUT2D eigenvalue weighted by molar-refractivity contribution is -1.07. The predicted octanol–water partition coefficient (Wildman–Crippen LogP) is -0.412. The van der Waals surface area contributed by atoms with E-state index in [9.17, 15) is 4.79 Å². The van der Waals surface area contributed by atoms with Crippen molar-refractivity contribution in [2.24, 2.45) is 0 Å². The standard InChI is InChI=1S/C6H14N2O2/c1-8(2,10)5-3-4-7-6-9/h6,10H,3-5H2,1-2H3/p+1. The van der Waals surface area contributed by atoms with Crippen LogP contribution in [-0.4, -0.2) is 43.4 Å². The summed E-state index contributed by atoms with van der Waals surface area (Å²) in [5.41, 5.74) is 0. The summed E-state index contributed by atoms with van der Waals surface area (Å²) in [6, 6.07) is 0. The largest absolute Gasteiger partial charge is 0.358 e. The molecule has 0 rings (SSSR count). The molecule has 10 heavy (non-hydrogen) atoms. The third kappa shape index (κ3) is 7.39. The lowest BCUT2D eigenvalue weighted by Gasteiger charge is -2.18. The topological polar surface area (TPSA) is 49.3 Å². The minimum atomic E-state index is -0.0411. The summed E-state index contributed by atoms with van der Waals surface area (Å²) in [6.07, 6.45) is 1.46. The van der Waals surface area contributed by atoms with Gasteiger partial charge in [-0.3, -0.25) is 4.79 Å². The van der Waals surface area contributed by atoms with Gasteiger partial charge in [-0.05, 0) is 0 Å². The molecule has 0 saturated heterocycles. The Bertz CT molecular complexity index is 98.4. The normalized spacial score (nSPS) is 11.1. The van der Waals surface area contributed by atoms with E-state index in [0.717, 1.165) is 6.42 Å². The van der Waals surface area contributed by atoms with Crippen LogP contribution in [0.5, 0.6) is 0 Å². The van der Waals surface area contributed by atoms with E-state index in [1.54, 1.807) is 14.1 Å². The van der Waals surface area contributed by atoms with Crippen LogP contribution < -0.4 is 5.32 Å². The maximum absolute atomic E-state index is 9.75. The molecule has 0 heterocycles. The van der Waals surface area contributed by atoms with Crippen molar-refractivity contribution in [3.63, 3.8) is 0 Å². The zero-order chi connectivity index (χ0) is 8.04. The molecule has 0 aromatic carbocycles. The average molecular weight is 147 g/mol. The van der Waals surface area contributed by atoms with Crippen LogP contribution in [0.2, 0.25) is 0 Å². The van der Waals surface area contributed by atoms with Gasteiger partial charge < -0.3 is 5.32 Å². The van der Waals surface area contributed by atoms with Gasteiger partial charge in [0.1, 0.15) is 6.54 Å². The van der Waals surface area contributed by atoms with E-state index in [4.69, 9.17) is 5.21 Å². The van der Waals surface area contributed by atoms with E-state index in [1.807, 2.05) is 0 Å². The number of hydrogen-bond acceptors (Lipinski definition) is 2. The Balaban J connectivity index is 3.12. The molecular formula is C6H15N2O2+. The molecule has 1 amide bonds. The van der Waals surface area contributed by atoms with Crippen LogP contribution in [-0.2, 0) is 4.79 Å². The van der Waals surface area contributed by atoms with Crippen LogP contribution in [0, 0.1) is 0 Å². The molecule has 0 aliphatic carbocycles. The predicted molar refractivity (Wildman–Crippen MR) is 37.4 cm³/mol. The summed E-state index contributed by atoms with van der Waals surface area (Å²) in [5, 5.41) is 11.7. The van der Waals surface area contributed by atoms with Crippen molar-refractivity contribution in [2.45, 2.75) is 6.42 Å². The Morgan fingerprint density at radius 3 is 2.60 bits per heavy atom. The van der Waals surface area contributed by atoms with Crippen molar-refractivity contribution in [1.82, 2.24) is 5.32 Å². The first-order valence-corrected chi connectivity index (χ1v) is 3.29. The van der Waals surface area contributed by atoms with Crippen LogP contribution in [0.3, 0.4) is 0 Å². The van der Waals surface area contributed by atoms with Crippen LogP contribution >= 0.6 is 0 Å². The molecule has 0 bridgehead atoms. The highest BCUT2D eigenvalue weighted by atomic mass is 16.5. The highest BCUT2D eigenvalue weighted by molar-refractivity contribution is 5.45. The second-order valence-electron chi connectivity index (χ2n) is 2.77. The number of carbonyl (C=O) groups excluding carboxylic acids is 1. The van der Waals surface area contributed by atoms with Gasteiger partial charge >= 0.3 is 0 Å². The SMILES string of the molecule is C[N+](C)(O)CCCNC=O. The van der Waals surface area contributed by atoms with E-state index < -0.39 is 0 Å². The number of quaternary nitrogens is 1. The summed E-state index contributed by atoms with van der Waals surface area (Å²) < 4.78 is -0.0411. The van der Waals surface area contributed by atoms with E-state index >= 15 is 0 Å². The molecule has 0 radical (unpaired) electrons. The molecule has 4 heteroatoms. The molecular weight excluding hydrogens is 132 g/mol. The van der Waals surface area contributed by atoms with Gasteiger partial charge in [0, 0.05) is 13.0 Å². The third-order valence-electron chi connectivity index (χ3n) is 1.11. The van der Waals surface area contributed by atoms with Gasteiger partial charge in [0.2, 0.25) is 6.41 Å². The minimum absolute atomic E-state index is 0.0411. The lowest BCUT2D eigenvalue weighted by Crippen LogP contribution is -2.37. The first-order chi connectivity index (χ1) is 4.56. The van der Waals surface area contributed by atoms with Gasteiger partial charge in [-0.2, -0.15) is 4.65 Å². The molecule has 2 N–H and O–H groups in total. The van der Waals surface area contributed by atoms with Crippen LogP contribution in [0.25, 0.3) is 0 Å². The molecule has 0 unspecified atom stereocenters. The fraction of sp³-hybridized carbons (Fsp3) is 0.833. The van der Waals surface area contributed by atoms with Crippen molar-refractivity contribution < 1.29 is 14.6 Å². The number of carbonyl (C=O) groups is 1. The molecule has 0 fully saturated rings. The third-order valence-corrected chi connectivity index (χ3v) is 1.11. The summed E-state index contributed by atoms with van der Waals surface area (Å²) in [4.78, 5) is 9.75. The smallest absolute Gasteiger partial charge is 0.207 e. The monoisotopic (exact) mass is 147 g/mol. The number of nitrogens with one attached hydrogen (secondary N) is 1. The Morgan fingerprint density at radius 2 is 2.20 bits per heavy atom. The number of hydrogen-bond donors (Lipinski definition) is 2. The van der Waals surface area contributed by atoms with Gasteiger partial charge in [-0.25, -0.2) is 5.21 Å². The van der Waals surface area contributed by atoms with Gasteiger partial charge in [0.25, 0.3) is 0 Å². The van der Waals surface area contributed by atoms with Gasteiger partial charge in [0.05, 0.1) is 14.1 Å². The highest BCUT2D eigenvalue weighted by Gasteiger charge is 2.07. The van der Waals surface area contributed by atoms with Crippen molar-refractivity contribution in [1.29, 1.82) is 0 Å². The first kappa shape index (κ1) is 9.39. The molecule has 0 atom stereocenters. The number of hydroxylamine groups is 3. The molecule has 0 aromatic heterocycles. The van der Waals surface area contributed by atoms with Gasteiger partial charge in [-0.15, -0.1) is 0 Å². The molecule has 0 spiro atoms. The Labute approximate surface area is 61.0 Å². The summed E-state index contributed by atoms with van der Waals surface area (Å²) in [6.45, 7) is 1.28. The number of nitrogens with zero attached hydrogens (tertiary/aromatic N) is 1. The first-order valence-electron chi connectivity index (χ1n) is 3.29. The summed E-state index contributed by atoms with van der Waals surface area (Å²) in [5.74, 6) is 0. The van der Waals surface area contributed by atoms with E-state index in [-0.39, 0.29) is 4.65 Å². The fourth-order valence-corrected chi connectivity index (χ4v) is 0.627. The Hall–Kier alpha value is -0.610. The maximum Gasteiger partial charge on any atom is 0.207 e. The lowest BCUT2D eigenvalue weighted by atomic mass is 10.4. The van der Waals surface area contributed by atoms with Crippen LogP contribution in [0.1, 0.15) is 6.42 Å². The quantitative estimate of drug-likeness (QED) is 0.240. The summed E-state index contributed by atoms with van der Waals surface area (Å²) in [7, 11) is 3.39. The number of amides is 1. The molecule has 0 saturated carbocycles. The van der Waals surface area contributed by atoms with Crippen molar-refractivity contribution in [3.05, 3.63) is 0 Å². The second-order valence-corrected chi connectivity index (χ2v) is 2.77. The molecule has 0 aliphatic heterocycles. The molecule has 0 aliphatic rings. The molecule has 4 nitrogen and oxygen atoms in total. The van der Waals surface area contributed by atoms with Gasteiger partial charge in [-0.1, -0.05) is 0 Å². The summed E-state index contributed by atoms with van der Waals surface area (Å²) >= 11 is 0. The van der Waals surface area contributed by atoms with Crippen molar-refractivity contribution in [3.8, 4) is 0 Å². The van der Waals surface area contributed by atoms with Crippen LogP contribution in [0.4, 0.5) is 0 Å². The van der Waals surface area contributed by atoms with Crippen molar-refractivity contribution in [2.75, 3.05) is 27.2 Å². The van der Waals surface area contributed by atoms with Crippen LogP contribution in [0.15, 0.2) is 0 Å². The minimum Gasteiger partial charge on any atom is -0.358 e. The highest BCUT2D eigenvalue weighted by Crippen LogP contribution is 1.90. The zero-order valence-electron chi connectivity index (χ0n) is 6.50. The molecule has 0 aromatic rings. The Morgan fingerprint density at radius 1 is 1.60 bits per heavy atom. The van der Waals surface area contributed by atoms with E-state index in [0.29, 0.717) is 19.5 Å². The molecule has 60 valence electrons. The average Bonchev–Trinajstić information content (AvgIpc) is 1.78.